The minimum atomic E-state index is 0.909. The number of hydrogen-bond donors (Lipinski definition) is 0. The van der Waals surface area contributed by atoms with Gasteiger partial charge in [-0.05, 0) is 92.5 Å². The van der Waals surface area contributed by atoms with Crippen LogP contribution in [0.2, 0.25) is 0 Å². The molecule has 11 aromatic rings. The first kappa shape index (κ1) is 28.3. The van der Waals surface area contributed by atoms with Gasteiger partial charge in [0.25, 0.3) is 0 Å². The zero-order chi connectivity index (χ0) is 33.5. The largest absolute Gasteiger partial charge is 0.456 e. The molecule has 0 aliphatic carbocycles. The Kier molecular flexibility index (Phi) is 6.09. The quantitative estimate of drug-likeness (QED) is 0.175. The average molecular weight is 670 g/mol. The molecule has 0 aliphatic heterocycles. The summed E-state index contributed by atoms with van der Waals surface area (Å²) in [7, 11) is 0. The monoisotopic (exact) mass is 669 g/mol. The molecule has 0 unspecified atom stereocenters. The van der Waals surface area contributed by atoms with E-state index in [0.717, 1.165) is 50.1 Å². The molecular formula is C46H27N3OS. The van der Waals surface area contributed by atoms with Crippen molar-refractivity contribution >= 4 is 103 Å². The molecule has 51 heavy (non-hydrogen) atoms. The van der Waals surface area contributed by atoms with Crippen LogP contribution in [0.15, 0.2) is 169 Å². The Labute approximate surface area is 296 Å². The Morgan fingerprint density at radius 1 is 0.431 bits per heavy atom. The molecule has 238 valence electrons. The van der Waals surface area contributed by atoms with Gasteiger partial charge in [-0.25, -0.2) is 9.97 Å². The van der Waals surface area contributed by atoms with E-state index in [1.54, 1.807) is 6.33 Å². The van der Waals surface area contributed by atoms with Crippen molar-refractivity contribution in [3.63, 3.8) is 0 Å². The molecule has 5 heteroatoms. The zero-order valence-electron chi connectivity index (χ0n) is 27.2. The van der Waals surface area contributed by atoms with E-state index in [2.05, 4.69) is 148 Å². The number of furan rings is 1. The number of hydrogen-bond acceptors (Lipinski definition) is 5. The van der Waals surface area contributed by atoms with Gasteiger partial charge in [-0.15, -0.1) is 11.3 Å². The zero-order valence-corrected chi connectivity index (χ0v) is 28.1. The summed E-state index contributed by atoms with van der Waals surface area (Å²) in [4.78, 5) is 10.9. The van der Waals surface area contributed by atoms with Crippen LogP contribution in [0.25, 0.3) is 85.6 Å². The third-order valence-corrected chi connectivity index (χ3v) is 11.4. The summed E-state index contributed by atoms with van der Waals surface area (Å²) in [5.74, 6) is 0. The van der Waals surface area contributed by atoms with Crippen LogP contribution in [-0.2, 0) is 0 Å². The van der Waals surface area contributed by atoms with Crippen molar-refractivity contribution in [3.8, 4) is 11.1 Å². The smallest absolute Gasteiger partial charge is 0.136 e. The summed E-state index contributed by atoms with van der Waals surface area (Å²) >= 11 is 1.85. The van der Waals surface area contributed by atoms with Crippen LogP contribution in [0, 0.1) is 0 Å². The van der Waals surface area contributed by atoms with E-state index in [9.17, 15) is 0 Å². The molecule has 0 saturated heterocycles. The lowest BCUT2D eigenvalue weighted by molar-refractivity contribution is 0.669. The van der Waals surface area contributed by atoms with Crippen LogP contribution in [0.3, 0.4) is 0 Å². The first-order valence-corrected chi connectivity index (χ1v) is 17.9. The second-order valence-corrected chi connectivity index (χ2v) is 14.1. The molecule has 0 fully saturated rings. The summed E-state index contributed by atoms with van der Waals surface area (Å²) in [6.07, 6.45) is 5.28. The highest BCUT2D eigenvalue weighted by atomic mass is 32.1. The molecule has 3 heterocycles. The SMILES string of the molecule is c1ccc2c(c1)oc1cc3c4ccc(N(c5ccc(-c6cncnc6)cc5)c5cccc6c5sc5ccccc56)cc4c4ccccc4c3cc12. The van der Waals surface area contributed by atoms with Gasteiger partial charge in [0.05, 0.1) is 10.4 Å². The Bertz CT molecular complexity index is 3140. The summed E-state index contributed by atoms with van der Waals surface area (Å²) in [6, 6.07) is 52.7. The van der Waals surface area contributed by atoms with Crippen molar-refractivity contribution in [1.82, 2.24) is 9.97 Å². The normalized spacial score (nSPS) is 11.9. The first-order chi connectivity index (χ1) is 25.3. The van der Waals surface area contributed by atoms with Gasteiger partial charge in [-0.3, -0.25) is 0 Å². The van der Waals surface area contributed by atoms with Gasteiger partial charge in [0.15, 0.2) is 0 Å². The van der Waals surface area contributed by atoms with E-state index < -0.39 is 0 Å². The Morgan fingerprint density at radius 2 is 1.08 bits per heavy atom. The van der Waals surface area contributed by atoms with Gasteiger partial charge >= 0.3 is 0 Å². The Balaban J connectivity index is 1.18. The number of anilines is 3. The van der Waals surface area contributed by atoms with Crippen LogP contribution in [-0.4, -0.2) is 9.97 Å². The van der Waals surface area contributed by atoms with Crippen LogP contribution in [0.4, 0.5) is 17.1 Å². The van der Waals surface area contributed by atoms with Crippen molar-refractivity contribution in [2.75, 3.05) is 4.90 Å². The van der Waals surface area contributed by atoms with E-state index in [-0.39, 0.29) is 0 Å². The van der Waals surface area contributed by atoms with Gasteiger partial charge in [0.2, 0.25) is 0 Å². The van der Waals surface area contributed by atoms with E-state index in [1.165, 1.54) is 52.5 Å². The molecule has 0 N–H and O–H groups in total. The van der Waals surface area contributed by atoms with Gasteiger partial charge in [0.1, 0.15) is 17.5 Å². The molecule has 0 aliphatic rings. The molecule has 0 bridgehead atoms. The molecule has 4 nitrogen and oxygen atoms in total. The maximum absolute atomic E-state index is 6.39. The molecule has 0 atom stereocenters. The fraction of sp³-hybridized carbons (Fsp3) is 0. The highest BCUT2D eigenvalue weighted by molar-refractivity contribution is 7.26. The second kappa shape index (κ2) is 11.0. The molecule has 0 radical (unpaired) electrons. The average Bonchev–Trinajstić information content (AvgIpc) is 3.77. The molecule has 8 aromatic carbocycles. The lowest BCUT2D eigenvalue weighted by Crippen LogP contribution is -2.10. The molecule has 3 aromatic heterocycles. The van der Waals surface area contributed by atoms with E-state index in [1.807, 2.05) is 35.9 Å². The van der Waals surface area contributed by atoms with Crippen molar-refractivity contribution in [1.29, 1.82) is 0 Å². The predicted molar refractivity (Wildman–Crippen MR) is 215 cm³/mol. The van der Waals surface area contributed by atoms with Gasteiger partial charge < -0.3 is 9.32 Å². The number of para-hydroxylation sites is 1. The van der Waals surface area contributed by atoms with Crippen molar-refractivity contribution in [2.24, 2.45) is 0 Å². The lowest BCUT2D eigenvalue weighted by Gasteiger charge is -2.27. The highest BCUT2D eigenvalue weighted by Crippen LogP contribution is 2.47. The fourth-order valence-electron chi connectivity index (χ4n) is 7.89. The van der Waals surface area contributed by atoms with Crippen molar-refractivity contribution < 1.29 is 4.42 Å². The van der Waals surface area contributed by atoms with E-state index in [0.29, 0.717) is 0 Å². The van der Waals surface area contributed by atoms with Crippen LogP contribution >= 0.6 is 11.3 Å². The van der Waals surface area contributed by atoms with Crippen LogP contribution in [0.5, 0.6) is 0 Å². The van der Waals surface area contributed by atoms with Crippen molar-refractivity contribution in [3.05, 3.63) is 164 Å². The number of nitrogens with zero attached hydrogens (tertiary/aromatic N) is 3. The third-order valence-electron chi connectivity index (χ3n) is 10.2. The molecule has 11 rings (SSSR count). The number of rotatable bonds is 4. The van der Waals surface area contributed by atoms with E-state index in [4.69, 9.17) is 4.42 Å². The summed E-state index contributed by atoms with van der Waals surface area (Å²) in [5.41, 5.74) is 7.21. The van der Waals surface area contributed by atoms with Crippen LogP contribution in [0.1, 0.15) is 0 Å². The maximum atomic E-state index is 6.39. The van der Waals surface area contributed by atoms with E-state index >= 15 is 0 Å². The number of fused-ring (bicyclic) bond motifs is 12. The second-order valence-electron chi connectivity index (χ2n) is 13.0. The summed E-state index contributed by atoms with van der Waals surface area (Å²) in [6.45, 7) is 0. The predicted octanol–water partition coefficient (Wildman–Crippen LogP) is 13.3. The summed E-state index contributed by atoms with van der Waals surface area (Å²) < 4.78 is 8.94. The highest BCUT2D eigenvalue weighted by Gasteiger charge is 2.20. The minimum Gasteiger partial charge on any atom is -0.456 e. The Morgan fingerprint density at radius 3 is 1.90 bits per heavy atom. The first-order valence-electron chi connectivity index (χ1n) is 17.0. The maximum Gasteiger partial charge on any atom is 0.136 e. The number of thiophene rings is 1. The summed E-state index contributed by atoms with van der Waals surface area (Å²) in [5, 5.41) is 12.1. The lowest BCUT2D eigenvalue weighted by atomic mass is 9.92. The van der Waals surface area contributed by atoms with Gasteiger partial charge in [0, 0.05) is 55.6 Å². The number of benzene rings is 8. The topological polar surface area (TPSA) is 42.2 Å². The molecule has 0 amide bonds. The van der Waals surface area contributed by atoms with Gasteiger partial charge in [-0.2, -0.15) is 0 Å². The van der Waals surface area contributed by atoms with Crippen molar-refractivity contribution in [2.45, 2.75) is 0 Å². The standard InChI is InChI=1S/C46H27N3OS/c1-2-9-33-32(8-1)38-22-31(20-21-34(38)40-24-44-41(23-39(33)40)35-10-3-5-14-43(35)50-44)49(30-18-16-28(17-19-30)29-25-47-27-48-26-29)42-13-7-12-37-36-11-4-6-15-45(36)51-46(37)42/h1-27H. The molecule has 0 spiro atoms. The van der Waals surface area contributed by atoms with Crippen LogP contribution < -0.4 is 4.90 Å². The third kappa shape index (κ3) is 4.32. The molecule has 0 saturated carbocycles. The van der Waals surface area contributed by atoms with Gasteiger partial charge in [-0.1, -0.05) is 91.0 Å². The molecular weight excluding hydrogens is 643 g/mol. The fourth-order valence-corrected chi connectivity index (χ4v) is 9.09. The minimum absolute atomic E-state index is 0.909. The number of aromatic nitrogens is 2. The Hall–Kier alpha value is -6.56.